The molecule has 1 aliphatic rings. The Morgan fingerprint density at radius 2 is 1.63 bits per heavy atom. The number of nitrogens with one attached hydrogen (secondary N) is 1. The van der Waals surface area contributed by atoms with Crippen molar-refractivity contribution in [2.75, 3.05) is 10.2 Å². The third-order valence-corrected chi connectivity index (χ3v) is 5.20. The van der Waals surface area contributed by atoms with Crippen molar-refractivity contribution in [2.45, 2.75) is 6.54 Å². The van der Waals surface area contributed by atoms with Gasteiger partial charge in [0.15, 0.2) is 0 Å². The van der Waals surface area contributed by atoms with Crippen LogP contribution in [0.4, 0.5) is 11.4 Å². The van der Waals surface area contributed by atoms with Crippen LogP contribution in [0, 0.1) is 11.3 Å². The van der Waals surface area contributed by atoms with E-state index in [4.69, 9.17) is 11.6 Å². The van der Waals surface area contributed by atoms with E-state index in [9.17, 15) is 14.9 Å². The molecule has 0 saturated carbocycles. The summed E-state index contributed by atoms with van der Waals surface area (Å²) in [5.74, 6) is -1.03. The van der Waals surface area contributed by atoms with Crippen LogP contribution in [-0.2, 0) is 16.1 Å². The lowest BCUT2D eigenvalue weighted by Gasteiger charge is -2.18. The number of para-hydroxylation sites is 2. The van der Waals surface area contributed by atoms with Gasteiger partial charge in [0.05, 0.1) is 17.8 Å². The summed E-state index contributed by atoms with van der Waals surface area (Å²) in [5.41, 5.74) is 2.37. The summed E-state index contributed by atoms with van der Waals surface area (Å²) < 4.78 is 0. The quantitative estimate of drug-likeness (QED) is 0.493. The number of fused-ring (bicyclic) bond motifs is 1. The minimum Gasteiger partial charge on any atom is -0.321 e. The van der Waals surface area contributed by atoms with Crippen LogP contribution in [0.2, 0.25) is 5.02 Å². The van der Waals surface area contributed by atoms with Crippen molar-refractivity contribution >= 4 is 40.4 Å². The van der Waals surface area contributed by atoms with E-state index in [1.54, 1.807) is 53.4 Å². The Kier molecular flexibility index (Phi) is 5.34. The number of benzene rings is 3. The van der Waals surface area contributed by atoms with Gasteiger partial charge in [-0.25, -0.2) is 0 Å². The summed E-state index contributed by atoms with van der Waals surface area (Å²) in [6.45, 7) is 0.234. The Labute approximate surface area is 178 Å². The van der Waals surface area contributed by atoms with Crippen LogP contribution < -0.4 is 10.2 Å². The van der Waals surface area contributed by atoms with E-state index in [-0.39, 0.29) is 17.7 Å². The molecule has 0 aromatic heterocycles. The van der Waals surface area contributed by atoms with Gasteiger partial charge in [0.1, 0.15) is 11.6 Å². The van der Waals surface area contributed by atoms with E-state index >= 15 is 0 Å². The van der Waals surface area contributed by atoms with Crippen molar-refractivity contribution in [3.63, 3.8) is 0 Å². The van der Waals surface area contributed by atoms with Crippen molar-refractivity contribution in [1.29, 1.82) is 5.26 Å². The minimum absolute atomic E-state index is 0.0913. The summed E-state index contributed by atoms with van der Waals surface area (Å²) in [6.07, 6.45) is 0. The Balaban J connectivity index is 1.76. The number of nitriles is 1. The molecule has 3 aromatic carbocycles. The van der Waals surface area contributed by atoms with Crippen molar-refractivity contribution in [1.82, 2.24) is 0 Å². The monoisotopic (exact) mass is 413 g/mol. The fourth-order valence-corrected chi connectivity index (χ4v) is 3.61. The molecule has 5 nitrogen and oxygen atoms in total. The zero-order valence-electron chi connectivity index (χ0n) is 15.8. The molecule has 1 N–H and O–H groups in total. The highest BCUT2D eigenvalue weighted by atomic mass is 35.5. The molecule has 2 amide bonds. The first kappa shape index (κ1) is 19.4. The lowest BCUT2D eigenvalue weighted by Crippen LogP contribution is -2.27. The first-order valence-electron chi connectivity index (χ1n) is 9.25. The Morgan fingerprint density at radius 3 is 2.37 bits per heavy atom. The lowest BCUT2D eigenvalue weighted by molar-refractivity contribution is -0.114. The highest BCUT2D eigenvalue weighted by Gasteiger charge is 2.36. The number of halogens is 1. The molecule has 0 radical (unpaired) electrons. The fraction of sp³-hybridized carbons (Fsp3) is 0.0417. The zero-order chi connectivity index (χ0) is 21.1. The molecular formula is C24H16ClN3O2. The molecule has 30 heavy (non-hydrogen) atoms. The summed E-state index contributed by atoms with van der Waals surface area (Å²) in [4.78, 5) is 27.7. The van der Waals surface area contributed by atoms with E-state index in [1.807, 2.05) is 36.4 Å². The lowest BCUT2D eigenvalue weighted by atomic mass is 10.0. The summed E-state index contributed by atoms with van der Waals surface area (Å²) in [7, 11) is 0. The molecule has 146 valence electrons. The molecule has 0 bridgehead atoms. The molecule has 0 aliphatic carbocycles. The van der Waals surface area contributed by atoms with Gasteiger partial charge < -0.3 is 10.2 Å². The van der Waals surface area contributed by atoms with Crippen LogP contribution in [0.1, 0.15) is 11.1 Å². The van der Waals surface area contributed by atoms with Crippen LogP contribution in [0.3, 0.4) is 0 Å². The average Bonchev–Trinajstić information content (AvgIpc) is 3.03. The second-order valence-electron chi connectivity index (χ2n) is 6.68. The van der Waals surface area contributed by atoms with Gasteiger partial charge in [-0.3, -0.25) is 9.59 Å². The third kappa shape index (κ3) is 3.57. The number of anilines is 2. The number of carbonyl (C=O) groups excluding carboxylic acids is 2. The van der Waals surface area contributed by atoms with E-state index < -0.39 is 11.8 Å². The van der Waals surface area contributed by atoms with Crippen LogP contribution in [-0.4, -0.2) is 11.8 Å². The molecule has 4 rings (SSSR count). The van der Waals surface area contributed by atoms with E-state index in [0.717, 1.165) is 5.56 Å². The second kappa shape index (κ2) is 8.24. The van der Waals surface area contributed by atoms with Gasteiger partial charge in [0.25, 0.3) is 11.8 Å². The molecule has 1 aliphatic heterocycles. The molecule has 0 spiro atoms. The average molecular weight is 414 g/mol. The Morgan fingerprint density at radius 1 is 0.967 bits per heavy atom. The summed E-state index contributed by atoms with van der Waals surface area (Å²) >= 11 is 6.28. The van der Waals surface area contributed by atoms with Crippen LogP contribution >= 0.6 is 11.6 Å². The van der Waals surface area contributed by atoms with Crippen molar-refractivity contribution in [3.05, 3.63) is 101 Å². The Bertz CT molecular complexity index is 1210. The van der Waals surface area contributed by atoms with Crippen LogP contribution in [0.15, 0.2) is 84.4 Å². The smallest absolute Gasteiger partial charge is 0.267 e. The first-order chi connectivity index (χ1) is 14.6. The Hall–Kier alpha value is -3.88. The fourth-order valence-electron chi connectivity index (χ4n) is 3.41. The maximum atomic E-state index is 13.3. The van der Waals surface area contributed by atoms with Crippen molar-refractivity contribution in [2.24, 2.45) is 0 Å². The van der Waals surface area contributed by atoms with Gasteiger partial charge in [0.2, 0.25) is 0 Å². The topological polar surface area (TPSA) is 73.2 Å². The number of hydrogen-bond donors (Lipinski definition) is 1. The van der Waals surface area contributed by atoms with Gasteiger partial charge in [0, 0.05) is 16.3 Å². The first-order valence-corrected chi connectivity index (χ1v) is 9.63. The summed E-state index contributed by atoms with van der Waals surface area (Å²) in [5, 5.41) is 13.0. The molecule has 3 aromatic rings. The normalized spacial score (nSPS) is 14.1. The number of amides is 2. The number of carbonyl (C=O) groups is 2. The van der Waals surface area contributed by atoms with Crippen LogP contribution in [0.5, 0.6) is 0 Å². The van der Waals surface area contributed by atoms with E-state index in [2.05, 4.69) is 5.32 Å². The third-order valence-electron chi connectivity index (χ3n) is 4.83. The molecule has 0 unspecified atom stereocenters. The molecule has 1 heterocycles. The van der Waals surface area contributed by atoms with Gasteiger partial charge >= 0.3 is 0 Å². The highest BCUT2D eigenvalue weighted by molar-refractivity contribution is 6.38. The predicted molar refractivity (Wildman–Crippen MR) is 117 cm³/mol. The van der Waals surface area contributed by atoms with Gasteiger partial charge in [-0.1, -0.05) is 66.2 Å². The summed E-state index contributed by atoms with van der Waals surface area (Å²) in [6, 6.07) is 25.1. The SMILES string of the molecule is N#C/C(C(=O)Nc1ccccc1)=C1\C(=O)N(Cc2ccccc2Cl)c2ccccc21. The maximum absolute atomic E-state index is 13.3. The maximum Gasteiger partial charge on any atom is 0.267 e. The predicted octanol–water partition coefficient (Wildman–Crippen LogP) is 4.80. The molecule has 0 saturated heterocycles. The second-order valence-corrected chi connectivity index (χ2v) is 7.09. The molecule has 0 atom stereocenters. The number of nitrogens with zero attached hydrogens (tertiary/aromatic N) is 2. The van der Waals surface area contributed by atoms with Gasteiger partial charge in [-0.15, -0.1) is 0 Å². The van der Waals surface area contributed by atoms with Gasteiger partial charge in [-0.2, -0.15) is 5.26 Å². The molecule has 6 heteroatoms. The van der Waals surface area contributed by atoms with Crippen LogP contribution in [0.25, 0.3) is 5.57 Å². The number of rotatable bonds is 4. The van der Waals surface area contributed by atoms with Crippen molar-refractivity contribution < 1.29 is 9.59 Å². The highest BCUT2D eigenvalue weighted by Crippen LogP contribution is 2.39. The van der Waals surface area contributed by atoms with Gasteiger partial charge in [-0.05, 0) is 29.8 Å². The molecular weight excluding hydrogens is 398 g/mol. The van der Waals surface area contributed by atoms with E-state index in [1.165, 1.54) is 0 Å². The largest absolute Gasteiger partial charge is 0.321 e. The number of hydrogen-bond acceptors (Lipinski definition) is 3. The van der Waals surface area contributed by atoms with Crippen molar-refractivity contribution in [3.8, 4) is 6.07 Å². The zero-order valence-corrected chi connectivity index (χ0v) is 16.6. The minimum atomic E-state index is -0.624. The van der Waals surface area contributed by atoms with E-state index in [0.29, 0.717) is 22.0 Å². The molecule has 0 fully saturated rings. The standard InChI is InChI=1S/C24H16ClN3O2/c25-20-12-6-4-8-16(20)15-28-21-13-7-5-11-18(21)22(24(28)30)19(14-26)23(29)27-17-9-2-1-3-10-17/h1-13H,15H2,(H,27,29)/b22-19+.